The second-order valence-electron chi connectivity index (χ2n) is 3.85. The van der Waals surface area contributed by atoms with Crippen LogP contribution in [0.25, 0.3) is 0 Å². The summed E-state index contributed by atoms with van der Waals surface area (Å²) in [7, 11) is 0. The Hall–Kier alpha value is -1.21. The van der Waals surface area contributed by atoms with Gasteiger partial charge in [-0.2, -0.15) is 4.98 Å². The minimum Gasteiger partial charge on any atom is -0.338 e. The van der Waals surface area contributed by atoms with Gasteiger partial charge in [0.2, 0.25) is 5.89 Å². The molecule has 0 spiro atoms. The van der Waals surface area contributed by atoms with Crippen LogP contribution in [0.1, 0.15) is 16.6 Å². The second-order valence-corrected chi connectivity index (χ2v) is 4.88. The van der Waals surface area contributed by atoms with E-state index in [0.29, 0.717) is 18.3 Å². The maximum absolute atomic E-state index is 5.44. The summed E-state index contributed by atoms with van der Waals surface area (Å²) < 4.78 is 4.99. The van der Waals surface area contributed by atoms with Crippen molar-refractivity contribution in [3.63, 3.8) is 0 Å². The Morgan fingerprint density at radius 1 is 1.47 bits per heavy atom. The predicted octanol–water partition coefficient (Wildman–Crippen LogP) is 2.20. The van der Waals surface area contributed by atoms with Crippen molar-refractivity contribution >= 4 is 23.7 Å². The van der Waals surface area contributed by atoms with Crippen LogP contribution in [0.2, 0.25) is 0 Å². The number of aromatic nitrogens is 2. The molecule has 2 aromatic rings. The van der Waals surface area contributed by atoms with Gasteiger partial charge in [0.1, 0.15) is 0 Å². The Morgan fingerprint density at radius 3 is 2.89 bits per heavy atom. The molecule has 104 valence electrons. The number of halogens is 1. The van der Waals surface area contributed by atoms with Crippen LogP contribution in [-0.4, -0.2) is 21.6 Å². The highest BCUT2D eigenvalue weighted by Crippen LogP contribution is 2.13. The molecule has 0 saturated heterocycles. The molecular formula is C12H17ClN4OS. The third-order valence-corrected chi connectivity index (χ3v) is 3.26. The topological polar surface area (TPSA) is 68.2 Å². The van der Waals surface area contributed by atoms with Crippen LogP contribution in [0.5, 0.6) is 0 Å². The number of thiophene rings is 1. The maximum atomic E-state index is 5.44. The van der Waals surface area contributed by atoms with Crippen LogP contribution in [0.4, 0.5) is 0 Å². The summed E-state index contributed by atoms with van der Waals surface area (Å²) >= 11 is 1.74. The fourth-order valence-corrected chi connectivity index (χ4v) is 2.37. The van der Waals surface area contributed by atoms with Crippen LogP contribution in [-0.2, 0) is 19.6 Å². The van der Waals surface area contributed by atoms with E-state index in [0.717, 1.165) is 13.1 Å². The average Bonchev–Trinajstić information content (AvgIpc) is 3.00. The molecular weight excluding hydrogens is 284 g/mol. The largest absolute Gasteiger partial charge is 0.338 e. The Labute approximate surface area is 122 Å². The molecule has 2 rings (SSSR count). The van der Waals surface area contributed by atoms with E-state index in [1.165, 1.54) is 4.88 Å². The minimum atomic E-state index is 0. The molecule has 2 aromatic heterocycles. The molecule has 2 N–H and O–H groups in total. The van der Waals surface area contributed by atoms with Crippen molar-refractivity contribution in [2.45, 2.75) is 19.6 Å². The van der Waals surface area contributed by atoms with Crippen molar-refractivity contribution in [2.75, 3.05) is 6.54 Å². The van der Waals surface area contributed by atoms with Crippen molar-refractivity contribution in [1.29, 1.82) is 0 Å². The molecule has 0 atom stereocenters. The fourth-order valence-electron chi connectivity index (χ4n) is 1.63. The van der Waals surface area contributed by atoms with Crippen LogP contribution in [0, 0.1) is 0 Å². The van der Waals surface area contributed by atoms with Crippen molar-refractivity contribution in [1.82, 2.24) is 15.0 Å². The monoisotopic (exact) mass is 300 g/mol. The van der Waals surface area contributed by atoms with E-state index in [1.807, 2.05) is 12.1 Å². The van der Waals surface area contributed by atoms with Crippen molar-refractivity contribution in [3.05, 3.63) is 46.8 Å². The number of nitrogens with zero attached hydrogens (tertiary/aromatic N) is 3. The first-order valence-corrected chi connectivity index (χ1v) is 6.57. The normalized spacial score (nSPS) is 10.4. The first-order valence-electron chi connectivity index (χ1n) is 5.69. The number of rotatable bonds is 7. The Kier molecular flexibility index (Phi) is 6.72. The highest BCUT2D eigenvalue weighted by molar-refractivity contribution is 7.09. The molecule has 0 aromatic carbocycles. The van der Waals surface area contributed by atoms with Gasteiger partial charge in [-0.05, 0) is 11.4 Å². The maximum Gasteiger partial charge on any atom is 0.240 e. The summed E-state index contributed by atoms with van der Waals surface area (Å²) in [4.78, 5) is 7.71. The summed E-state index contributed by atoms with van der Waals surface area (Å²) in [6.07, 6.45) is 1.87. The molecule has 7 heteroatoms. The molecule has 0 bridgehead atoms. The molecule has 19 heavy (non-hydrogen) atoms. The van der Waals surface area contributed by atoms with Gasteiger partial charge >= 0.3 is 0 Å². The lowest BCUT2D eigenvalue weighted by Gasteiger charge is -2.17. The first-order chi connectivity index (χ1) is 8.81. The third kappa shape index (κ3) is 4.76. The number of nitrogens with two attached hydrogens (primary N) is 1. The van der Waals surface area contributed by atoms with E-state index in [1.54, 1.807) is 11.3 Å². The summed E-state index contributed by atoms with van der Waals surface area (Å²) in [6.45, 7) is 6.32. The summed E-state index contributed by atoms with van der Waals surface area (Å²) in [6, 6.07) is 4.16. The second kappa shape index (κ2) is 8.06. The van der Waals surface area contributed by atoms with Gasteiger partial charge < -0.3 is 10.3 Å². The number of hydrogen-bond donors (Lipinski definition) is 1. The van der Waals surface area contributed by atoms with Gasteiger partial charge in [-0.1, -0.05) is 17.3 Å². The van der Waals surface area contributed by atoms with Crippen molar-refractivity contribution in [2.24, 2.45) is 5.73 Å². The molecule has 0 radical (unpaired) electrons. The minimum absolute atomic E-state index is 0. The summed E-state index contributed by atoms with van der Waals surface area (Å²) in [5, 5.41) is 5.97. The van der Waals surface area contributed by atoms with E-state index in [2.05, 4.69) is 33.1 Å². The average molecular weight is 301 g/mol. The Morgan fingerprint density at radius 2 is 2.32 bits per heavy atom. The highest BCUT2D eigenvalue weighted by Gasteiger charge is 2.11. The SMILES string of the molecule is C=CCN(Cc1noc(CN)n1)Cc1cccs1.Cl. The predicted molar refractivity (Wildman–Crippen MR) is 78.1 cm³/mol. The zero-order valence-corrected chi connectivity index (χ0v) is 12.1. The van der Waals surface area contributed by atoms with E-state index in [4.69, 9.17) is 10.3 Å². The zero-order valence-electron chi connectivity index (χ0n) is 10.5. The van der Waals surface area contributed by atoms with E-state index in [-0.39, 0.29) is 19.0 Å². The molecule has 5 nitrogen and oxygen atoms in total. The fraction of sp³-hybridized carbons (Fsp3) is 0.333. The van der Waals surface area contributed by atoms with E-state index < -0.39 is 0 Å². The summed E-state index contributed by atoms with van der Waals surface area (Å²) in [5.74, 6) is 1.13. The lowest BCUT2D eigenvalue weighted by molar-refractivity contribution is 0.274. The van der Waals surface area contributed by atoms with Gasteiger partial charge in [0.05, 0.1) is 13.1 Å². The molecule has 0 aliphatic carbocycles. The van der Waals surface area contributed by atoms with Crippen LogP contribution in [0.15, 0.2) is 34.7 Å². The van der Waals surface area contributed by atoms with E-state index in [9.17, 15) is 0 Å². The number of hydrogen-bond acceptors (Lipinski definition) is 6. The lowest BCUT2D eigenvalue weighted by Crippen LogP contribution is -2.23. The van der Waals surface area contributed by atoms with Crippen LogP contribution in [0.3, 0.4) is 0 Å². The zero-order chi connectivity index (χ0) is 12.8. The van der Waals surface area contributed by atoms with Crippen molar-refractivity contribution < 1.29 is 4.52 Å². The highest BCUT2D eigenvalue weighted by atomic mass is 35.5. The third-order valence-electron chi connectivity index (χ3n) is 2.40. The Balaban J connectivity index is 0.00000180. The van der Waals surface area contributed by atoms with Gasteiger partial charge in [-0.15, -0.1) is 30.3 Å². The van der Waals surface area contributed by atoms with Crippen molar-refractivity contribution in [3.8, 4) is 0 Å². The lowest BCUT2D eigenvalue weighted by atomic mass is 10.4. The molecule has 2 heterocycles. The molecule has 0 amide bonds. The first kappa shape index (κ1) is 15.8. The van der Waals surface area contributed by atoms with Gasteiger partial charge in [-0.3, -0.25) is 4.90 Å². The van der Waals surface area contributed by atoms with Gasteiger partial charge in [0.25, 0.3) is 0 Å². The van der Waals surface area contributed by atoms with Crippen LogP contribution < -0.4 is 5.73 Å². The molecule has 0 fully saturated rings. The van der Waals surface area contributed by atoms with Crippen LogP contribution >= 0.6 is 23.7 Å². The smallest absolute Gasteiger partial charge is 0.240 e. The summed E-state index contributed by atoms with van der Waals surface area (Å²) in [5.41, 5.74) is 5.44. The van der Waals surface area contributed by atoms with Gasteiger partial charge in [0, 0.05) is 18.0 Å². The molecule has 0 aliphatic rings. The van der Waals surface area contributed by atoms with Gasteiger partial charge in [-0.25, -0.2) is 0 Å². The van der Waals surface area contributed by atoms with E-state index >= 15 is 0 Å². The Bertz CT molecular complexity index is 486. The molecule has 0 aliphatic heterocycles. The molecule has 0 saturated carbocycles. The molecule has 0 unspecified atom stereocenters. The standard InChI is InChI=1S/C12H16N4OS.ClH/c1-2-5-16(8-10-4-3-6-18-10)9-11-14-12(7-13)17-15-11;/h2-4,6H,1,5,7-9,13H2;1H. The quantitative estimate of drug-likeness (QED) is 0.794. The van der Waals surface area contributed by atoms with Gasteiger partial charge in [0.15, 0.2) is 5.82 Å².